The van der Waals surface area contributed by atoms with Gasteiger partial charge in [-0.2, -0.15) is 0 Å². The Morgan fingerprint density at radius 2 is 1.87 bits per heavy atom. The molecule has 30 heavy (non-hydrogen) atoms. The Bertz CT molecular complexity index is 917. The Kier molecular flexibility index (Phi) is 8.22. The van der Waals surface area contributed by atoms with Gasteiger partial charge >= 0.3 is 6.03 Å². The SMILES string of the molecule is CNc1nc(N(CCO)NC(=O)Nc2cc(Cl)nc(Cl)c2)cc(C(C)C)c1C(C)=N. The van der Waals surface area contributed by atoms with E-state index in [1.54, 1.807) is 20.0 Å². The molecule has 0 unspecified atom stereocenters. The van der Waals surface area contributed by atoms with Crippen molar-refractivity contribution in [3.8, 4) is 0 Å². The van der Waals surface area contributed by atoms with Crippen LogP contribution in [0.15, 0.2) is 18.2 Å². The molecule has 0 spiro atoms. The van der Waals surface area contributed by atoms with E-state index < -0.39 is 6.03 Å². The fourth-order valence-corrected chi connectivity index (χ4v) is 3.33. The second-order valence-corrected chi connectivity index (χ2v) is 7.54. The number of aliphatic hydroxyl groups is 1. The molecule has 0 aromatic carbocycles. The average molecular weight is 454 g/mol. The average Bonchev–Trinajstić information content (AvgIpc) is 2.65. The monoisotopic (exact) mass is 453 g/mol. The summed E-state index contributed by atoms with van der Waals surface area (Å²) in [6.07, 6.45) is 0. The Morgan fingerprint density at radius 3 is 2.37 bits per heavy atom. The number of carbonyl (C=O) groups is 1. The standard InChI is InChI=1S/C19H25Cl2N7O2/c1-10(2)13-9-16(26-18(23-4)17(13)11(3)22)28(5-6-29)27-19(30)24-12-7-14(20)25-15(21)8-12/h7-10,22,29H,5-6H2,1-4H3,(H,23,26)(H2,24,25,27,30). The lowest BCUT2D eigenvalue weighted by Crippen LogP contribution is -2.46. The first-order chi connectivity index (χ1) is 14.2. The molecular weight excluding hydrogens is 429 g/mol. The van der Waals surface area contributed by atoms with Crippen molar-refractivity contribution < 1.29 is 9.90 Å². The zero-order chi connectivity index (χ0) is 22.4. The maximum Gasteiger partial charge on any atom is 0.338 e. The Morgan fingerprint density at radius 1 is 1.23 bits per heavy atom. The summed E-state index contributed by atoms with van der Waals surface area (Å²) in [5, 5.41) is 24.9. The second-order valence-electron chi connectivity index (χ2n) is 6.77. The van der Waals surface area contributed by atoms with E-state index in [-0.39, 0.29) is 29.4 Å². The Balaban J connectivity index is 2.35. The molecule has 2 heterocycles. The van der Waals surface area contributed by atoms with Gasteiger partial charge in [-0.15, -0.1) is 0 Å². The van der Waals surface area contributed by atoms with Gasteiger partial charge in [0.1, 0.15) is 21.9 Å². The number of pyridine rings is 2. The molecule has 0 bridgehead atoms. The predicted octanol–water partition coefficient (Wildman–Crippen LogP) is 3.87. The van der Waals surface area contributed by atoms with Crippen LogP contribution in [0, 0.1) is 5.41 Å². The minimum absolute atomic E-state index is 0.0991. The molecule has 11 heteroatoms. The summed E-state index contributed by atoms with van der Waals surface area (Å²) in [5.74, 6) is 1.05. The lowest BCUT2D eigenvalue weighted by molar-refractivity contribution is 0.248. The van der Waals surface area contributed by atoms with Crippen molar-refractivity contribution in [2.75, 3.05) is 35.8 Å². The molecule has 0 atom stereocenters. The number of hydrazine groups is 1. The number of nitrogens with zero attached hydrogens (tertiary/aromatic N) is 3. The molecule has 2 rings (SSSR count). The number of nitrogens with one attached hydrogen (secondary N) is 4. The first-order valence-corrected chi connectivity index (χ1v) is 9.99. The lowest BCUT2D eigenvalue weighted by atomic mass is 9.95. The number of urea groups is 1. The maximum atomic E-state index is 12.5. The quantitative estimate of drug-likeness (QED) is 0.234. The highest BCUT2D eigenvalue weighted by molar-refractivity contribution is 6.33. The van der Waals surface area contributed by atoms with Gasteiger partial charge in [0.25, 0.3) is 0 Å². The van der Waals surface area contributed by atoms with Crippen LogP contribution in [-0.2, 0) is 0 Å². The van der Waals surface area contributed by atoms with Gasteiger partial charge in [-0.25, -0.2) is 20.2 Å². The minimum Gasteiger partial charge on any atom is -0.394 e. The molecule has 162 valence electrons. The summed E-state index contributed by atoms with van der Waals surface area (Å²) in [5.41, 5.74) is 5.02. The number of aliphatic hydroxyl groups excluding tert-OH is 1. The molecule has 0 radical (unpaired) electrons. The summed E-state index contributed by atoms with van der Waals surface area (Å²) in [6.45, 7) is 5.61. The van der Waals surface area contributed by atoms with Crippen molar-refractivity contribution in [2.24, 2.45) is 0 Å². The molecule has 0 aliphatic rings. The van der Waals surface area contributed by atoms with Gasteiger partial charge in [-0.05, 0) is 36.6 Å². The van der Waals surface area contributed by atoms with Crippen LogP contribution in [0.4, 0.5) is 22.1 Å². The number of hydrogen-bond donors (Lipinski definition) is 5. The number of carbonyl (C=O) groups excluding carboxylic acids is 1. The summed E-state index contributed by atoms with van der Waals surface area (Å²) >= 11 is 11.7. The highest BCUT2D eigenvalue weighted by atomic mass is 35.5. The largest absolute Gasteiger partial charge is 0.394 e. The molecule has 2 aromatic heterocycles. The summed E-state index contributed by atoms with van der Waals surface area (Å²) < 4.78 is 0. The van der Waals surface area contributed by atoms with Crippen LogP contribution in [0.5, 0.6) is 0 Å². The van der Waals surface area contributed by atoms with E-state index in [9.17, 15) is 9.90 Å². The third kappa shape index (κ3) is 5.94. The van der Waals surface area contributed by atoms with Gasteiger partial charge in [-0.1, -0.05) is 37.0 Å². The third-order valence-corrected chi connectivity index (χ3v) is 4.51. The molecule has 0 fully saturated rings. The van der Waals surface area contributed by atoms with E-state index in [1.165, 1.54) is 17.1 Å². The Hall–Kier alpha value is -2.62. The fourth-order valence-electron chi connectivity index (χ4n) is 2.87. The number of aromatic nitrogens is 2. The maximum absolute atomic E-state index is 12.5. The molecule has 2 amide bonds. The second kappa shape index (κ2) is 10.4. The van der Waals surface area contributed by atoms with Gasteiger partial charge in [0.05, 0.1) is 13.2 Å². The zero-order valence-electron chi connectivity index (χ0n) is 17.2. The molecular formula is C19H25Cl2N7O2. The van der Waals surface area contributed by atoms with Crippen molar-refractivity contribution in [2.45, 2.75) is 26.7 Å². The van der Waals surface area contributed by atoms with Crippen LogP contribution in [0.2, 0.25) is 10.3 Å². The summed E-state index contributed by atoms with van der Waals surface area (Å²) in [7, 11) is 1.72. The zero-order valence-corrected chi connectivity index (χ0v) is 18.7. The number of amides is 2. The van der Waals surface area contributed by atoms with Gasteiger partial charge in [0.2, 0.25) is 0 Å². The van der Waals surface area contributed by atoms with Gasteiger partial charge in [-0.3, -0.25) is 5.01 Å². The molecule has 9 nitrogen and oxygen atoms in total. The molecule has 0 aliphatic carbocycles. The van der Waals surface area contributed by atoms with Crippen LogP contribution < -0.4 is 21.1 Å². The number of halogens is 2. The molecule has 0 saturated carbocycles. The number of anilines is 3. The van der Waals surface area contributed by atoms with Crippen molar-refractivity contribution in [1.82, 2.24) is 15.4 Å². The van der Waals surface area contributed by atoms with Crippen molar-refractivity contribution in [3.63, 3.8) is 0 Å². The molecule has 0 saturated heterocycles. The first-order valence-electron chi connectivity index (χ1n) is 9.23. The fraction of sp³-hybridized carbons (Fsp3) is 0.368. The predicted molar refractivity (Wildman–Crippen MR) is 121 cm³/mol. The highest BCUT2D eigenvalue weighted by Gasteiger charge is 2.20. The summed E-state index contributed by atoms with van der Waals surface area (Å²) in [6, 6.07) is 4.14. The van der Waals surface area contributed by atoms with Crippen LogP contribution in [0.25, 0.3) is 0 Å². The van der Waals surface area contributed by atoms with E-state index in [1.807, 2.05) is 13.8 Å². The first kappa shape index (κ1) is 23.7. The van der Waals surface area contributed by atoms with E-state index in [0.29, 0.717) is 28.6 Å². The summed E-state index contributed by atoms with van der Waals surface area (Å²) in [4.78, 5) is 20.9. The topological polar surface area (TPSA) is 126 Å². The smallest absolute Gasteiger partial charge is 0.338 e. The van der Waals surface area contributed by atoms with Crippen LogP contribution in [0.3, 0.4) is 0 Å². The third-order valence-electron chi connectivity index (χ3n) is 4.13. The molecule has 0 aliphatic heterocycles. The van der Waals surface area contributed by atoms with Crippen LogP contribution >= 0.6 is 23.2 Å². The number of rotatable bonds is 8. The lowest BCUT2D eigenvalue weighted by Gasteiger charge is -2.26. The number of hydrogen-bond acceptors (Lipinski definition) is 7. The van der Waals surface area contributed by atoms with Gasteiger partial charge in [0.15, 0.2) is 0 Å². The van der Waals surface area contributed by atoms with Crippen LogP contribution in [0.1, 0.15) is 37.8 Å². The van der Waals surface area contributed by atoms with Crippen molar-refractivity contribution in [1.29, 1.82) is 5.41 Å². The van der Waals surface area contributed by atoms with E-state index in [4.69, 9.17) is 28.6 Å². The minimum atomic E-state index is -0.576. The van der Waals surface area contributed by atoms with E-state index in [0.717, 1.165) is 5.56 Å². The Labute approximate surface area is 185 Å². The normalized spacial score (nSPS) is 10.7. The molecule has 2 aromatic rings. The van der Waals surface area contributed by atoms with Crippen molar-refractivity contribution >= 4 is 52.3 Å². The van der Waals surface area contributed by atoms with E-state index in [2.05, 4.69) is 26.0 Å². The van der Waals surface area contributed by atoms with Crippen LogP contribution in [-0.4, -0.2) is 47.0 Å². The van der Waals surface area contributed by atoms with Crippen molar-refractivity contribution in [3.05, 3.63) is 39.6 Å². The van der Waals surface area contributed by atoms with Gasteiger partial charge < -0.3 is 21.1 Å². The van der Waals surface area contributed by atoms with Gasteiger partial charge in [0, 0.05) is 24.0 Å². The highest BCUT2D eigenvalue weighted by Crippen LogP contribution is 2.29. The van der Waals surface area contributed by atoms with E-state index >= 15 is 0 Å². The molecule has 5 N–H and O–H groups in total.